The summed E-state index contributed by atoms with van der Waals surface area (Å²) in [5, 5.41) is 5.16. The smallest absolute Gasteiger partial charge is 0.247 e. The van der Waals surface area contributed by atoms with Crippen LogP contribution in [0, 0.1) is 0 Å². The van der Waals surface area contributed by atoms with E-state index in [4.69, 9.17) is 0 Å². The fraction of sp³-hybridized carbons (Fsp3) is 0. The number of fused-ring (bicyclic) bond motifs is 11. The van der Waals surface area contributed by atoms with E-state index in [9.17, 15) is 0 Å². The second-order valence-electron chi connectivity index (χ2n) is 15.9. The average Bonchev–Trinajstić information content (AvgIpc) is 3.82. The Labute approximate surface area is 337 Å². The summed E-state index contributed by atoms with van der Waals surface area (Å²) in [7, 11) is 0. The predicted octanol–water partition coefficient (Wildman–Crippen LogP) is 8.87. The van der Waals surface area contributed by atoms with Crippen molar-refractivity contribution >= 4 is 89.8 Å². The number of aromatic nitrogens is 2. The lowest BCUT2D eigenvalue weighted by Crippen LogP contribution is -2.56. The molecule has 0 spiro atoms. The molecule has 4 heterocycles. The Balaban J connectivity index is 1.15. The summed E-state index contributed by atoms with van der Waals surface area (Å²) in [6, 6.07) is 76.8. The first-order chi connectivity index (χ1) is 28.8. The largest absolute Gasteiger partial charge is 0.308 e. The molecule has 2 aliphatic rings. The second kappa shape index (κ2) is 12.1. The maximum Gasteiger partial charge on any atom is 0.247 e. The Morgan fingerprint density at radius 3 is 1.03 bits per heavy atom. The van der Waals surface area contributed by atoms with Crippen molar-refractivity contribution in [3.8, 4) is 33.6 Å². The quantitative estimate of drug-likeness (QED) is 0.160. The Bertz CT molecular complexity index is 3240. The van der Waals surface area contributed by atoms with Crippen LogP contribution in [0.3, 0.4) is 0 Å². The summed E-state index contributed by atoms with van der Waals surface area (Å²) in [6.07, 6.45) is 0. The molecule has 58 heavy (non-hydrogen) atoms. The fourth-order valence-electron chi connectivity index (χ4n) is 10.8. The molecule has 0 saturated carbocycles. The molecule has 0 amide bonds. The summed E-state index contributed by atoms with van der Waals surface area (Å²) in [5.74, 6) is 0. The molecular formula is C54H34B2N2. The fourth-order valence-corrected chi connectivity index (χ4v) is 10.8. The van der Waals surface area contributed by atoms with E-state index in [0.29, 0.717) is 0 Å². The zero-order valence-electron chi connectivity index (χ0n) is 31.7. The van der Waals surface area contributed by atoms with Gasteiger partial charge in [0.25, 0.3) is 0 Å². The highest BCUT2D eigenvalue weighted by Crippen LogP contribution is 2.42. The predicted molar refractivity (Wildman–Crippen MR) is 248 cm³/mol. The van der Waals surface area contributed by atoms with E-state index in [1.54, 1.807) is 0 Å². The SMILES string of the molecule is c1ccc(-c2ccccc2B2c3ccccc3-n3c4c2cccc4c2ccc4c5cccc6c5n(c4c23)-c2ccccc2B6c2ccccc2-c2ccccc2)cc1. The number of hydrogen-bond donors (Lipinski definition) is 0. The molecular weight excluding hydrogens is 698 g/mol. The molecule has 0 aliphatic carbocycles. The molecule has 4 heteroatoms. The Morgan fingerprint density at radius 2 is 0.586 bits per heavy atom. The molecule has 0 unspecified atom stereocenters. The van der Waals surface area contributed by atoms with Gasteiger partial charge >= 0.3 is 0 Å². The van der Waals surface area contributed by atoms with E-state index in [-0.39, 0.29) is 13.4 Å². The minimum absolute atomic E-state index is 0.0751. The highest BCUT2D eigenvalue weighted by atomic mass is 15.1. The lowest BCUT2D eigenvalue weighted by Gasteiger charge is -2.29. The normalized spacial score (nSPS) is 12.8. The lowest BCUT2D eigenvalue weighted by molar-refractivity contribution is 1.16. The maximum absolute atomic E-state index is 2.61. The molecule has 2 aromatic heterocycles. The summed E-state index contributed by atoms with van der Waals surface area (Å²) >= 11 is 0. The first-order valence-corrected chi connectivity index (χ1v) is 20.4. The highest BCUT2D eigenvalue weighted by molar-refractivity contribution is 6.99. The van der Waals surface area contributed by atoms with Crippen molar-refractivity contribution in [1.82, 2.24) is 9.13 Å². The minimum Gasteiger partial charge on any atom is -0.308 e. The molecule has 0 radical (unpaired) electrons. The van der Waals surface area contributed by atoms with E-state index in [1.807, 2.05) is 0 Å². The van der Waals surface area contributed by atoms with Gasteiger partial charge in [-0.1, -0.05) is 205 Å². The van der Waals surface area contributed by atoms with E-state index >= 15 is 0 Å². The molecule has 13 rings (SSSR count). The average molecular weight is 733 g/mol. The molecule has 0 saturated heterocycles. The maximum atomic E-state index is 2.61. The zero-order valence-corrected chi connectivity index (χ0v) is 31.7. The minimum atomic E-state index is 0.0751. The third-order valence-electron chi connectivity index (χ3n) is 13.1. The van der Waals surface area contributed by atoms with Gasteiger partial charge in [-0.2, -0.15) is 0 Å². The highest BCUT2D eigenvalue weighted by Gasteiger charge is 2.38. The van der Waals surface area contributed by atoms with Crippen LogP contribution in [0.15, 0.2) is 206 Å². The van der Waals surface area contributed by atoms with Crippen molar-refractivity contribution in [2.24, 2.45) is 0 Å². The molecule has 0 atom stereocenters. The summed E-state index contributed by atoms with van der Waals surface area (Å²) < 4.78 is 5.22. The lowest BCUT2D eigenvalue weighted by atomic mass is 9.34. The molecule has 2 aliphatic heterocycles. The van der Waals surface area contributed by atoms with Crippen LogP contribution in [-0.4, -0.2) is 22.6 Å². The standard InChI is InChI=1S/C54H34B2N2/c1-3-17-35(18-4-1)37-21-7-9-25-43(37)55-45-27-11-13-31-49(45)57-51-39(23-15-29-47(51)55)41-33-34-42-40-24-16-30-48-52(40)58(54(42)53(41)57)50-32-14-12-28-46(50)56(48)44-26-10-8-22-38(44)36-19-5-2-6-20-36/h1-34H. The van der Waals surface area contributed by atoms with Crippen molar-refractivity contribution < 1.29 is 0 Å². The van der Waals surface area contributed by atoms with Gasteiger partial charge in [0.15, 0.2) is 0 Å². The van der Waals surface area contributed by atoms with Crippen LogP contribution in [0.1, 0.15) is 0 Å². The first kappa shape index (κ1) is 31.9. The summed E-state index contributed by atoms with van der Waals surface area (Å²) in [5.41, 5.74) is 20.7. The van der Waals surface area contributed by atoms with E-state index in [2.05, 4.69) is 215 Å². The van der Waals surface area contributed by atoms with Gasteiger partial charge in [-0.25, -0.2) is 0 Å². The van der Waals surface area contributed by atoms with Crippen LogP contribution in [0.5, 0.6) is 0 Å². The van der Waals surface area contributed by atoms with E-state index < -0.39 is 0 Å². The Kier molecular flexibility index (Phi) is 6.65. The van der Waals surface area contributed by atoms with Gasteiger partial charge in [0.2, 0.25) is 13.4 Å². The van der Waals surface area contributed by atoms with Crippen LogP contribution >= 0.6 is 0 Å². The van der Waals surface area contributed by atoms with E-state index in [1.165, 1.54) is 110 Å². The monoisotopic (exact) mass is 732 g/mol. The molecule has 0 N–H and O–H groups in total. The first-order valence-electron chi connectivity index (χ1n) is 20.4. The third-order valence-corrected chi connectivity index (χ3v) is 13.1. The number of hydrogen-bond acceptors (Lipinski definition) is 0. The number of para-hydroxylation sites is 4. The van der Waals surface area contributed by atoms with Gasteiger partial charge in [0, 0.05) is 44.0 Å². The molecule has 266 valence electrons. The van der Waals surface area contributed by atoms with Crippen LogP contribution < -0.4 is 32.8 Å². The van der Waals surface area contributed by atoms with Gasteiger partial charge < -0.3 is 9.13 Å². The van der Waals surface area contributed by atoms with Crippen molar-refractivity contribution in [1.29, 1.82) is 0 Å². The van der Waals surface area contributed by atoms with Crippen molar-refractivity contribution in [3.05, 3.63) is 206 Å². The van der Waals surface area contributed by atoms with Gasteiger partial charge in [0.05, 0.1) is 11.0 Å². The molecule has 9 aromatic carbocycles. The summed E-state index contributed by atoms with van der Waals surface area (Å²) in [4.78, 5) is 0. The second-order valence-corrected chi connectivity index (χ2v) is 15.9. The van der Waals surface area contributed by atoms with Gasteiger partial charge in [-0.05, 0) is 56.2 Å². The number of rotatable bonds is 4. The van der Waals surface area contributed by atoms with Crippen LogP contribution in [0.25, 0.3) is 77.2 Å². The Morgan fingerprint density at radius 1 is 0.241 bits per heavy atom. The zero-order chi connectivity index (χ0) is 37.9. The van der Waals surface area contributed by atoms with E-state index in [0.717, 1.165) is 0 Å². The van der Waals surface area contributed by atoms with Gasteiger partial charge in [-0.3, -0.25) is 0 Å². The van der Waals surface area contributed by atoms with Crippen molar-refractivity contribution in [2.75, 3.05) is 0 Å². The molecule has 2 nitrogen and oxygen atoms in total. The topological polar surface area (TPSA) is 9.86 Å². The van der Waals surface area contributed by atoms with Gasteiger partial charge in [-0.15, -0.1) is 0 Å². The van der Waals surface area contributed by atoms with Crippen LogP contribution in [-0.2, 0) is 0 Å². The van der Waals surface area contributed by atoms with Crippen LogP contribution in [0.4, 0.5) is 0 Å². The van der Waals surface area contributed by atoms with Crippen molar-refractivity contribution in [2.45, 2.75) is 0 Å². The molecule has 0 fully saturated rings. The third kappa shape index (κ3) is 4.24. The summed E-state index contributed by atoms with van der Waals surface area (Å²) in [6.45, 7) is 0.150. The molecule has 11 aromatic rings. The van der Waals surface area contributed by atoms with Crippen molar-refractivity contribution in [3.63, 3.8) is 0 Å². The number of benzene rings is 9. The number of nitrogens with zero attached hydrogens (tertiary/aromatic N) is 2. The van der Waals surface area contributed by atoms with Crippen LogP contribution in [0.2, 0.25) is 0 Å². The molecule has 0 bridgehead atoms. The Hall–Kier alpha value is -7.29. The van der Waals surface area contributed by atoms with Gasteiger partial charge in [0.1, 0.15) is 0 Å².